The van der Waals surface area contributed by atoms with Gasteiger partial charge in [0, 0.05) is 18.5 Å². The predicted octanol–water partition coefficient (Wildman–Crippen LogP) is 2.89. The SMILES string of the molecule is CN(Cc1csc(Br)c1)S(=O)(=O)c1ccc(CO)s1. The van der Waals surface area contributed by atoms with Crippen molar-refractivity contribution in [3.63, 3.8) is 0 Å². The van der Waals surface area contributed by atoms with E-state index in [1.807, 2.05) is 11.4 Å². The van der Waals surface area contributed by atoms with Gasteiger partial charge in [0.1, 0.15) is 4.21 Å². The van der Waals surface area contributed by atoms with Crippen molar-refractivity contribution < 1.29 is 13.5 Å². The Morgan fingerprint density at radius 1 is 1.42 bits per heavy atom. The van der Waals surface area contributed by atoms with E-state index < -0.39 is 10.0 Å². The highest BCUT2D eigenvalue weighted by Gasteiger charge is 2.23. The third-order valence-corrected chi connectivity index (χ3v) is 7.38. The molecule has 0 atom stereocenters. The highest BCUT2D eigenvalue weighted by molar-refractivity contribution is 9.11. The highest BCUT2D eigenvalue weighted by Crippen LogP contribution is 2.27. The zero-order valence-electron chi connectivity index (χ0n) is 10.0. The summed E-state index contributed by atoms with van der Waals surface area (Å²) in [6, 6.07) is 5.07. The zero-order valence-corrected chi connectivity index (χ0v) is 14.1. The van der Waals surface area contributed by atoms with Crippen LogP contribution in [0.1, 0.15) is 10.4 Å². The van der Waals surface area contributed by atoms with Crippen LogP contribution in [-0.4, -0.2) is 24.9 Å². The molecule has 2 aromatic rings. The van der Waals surface area contributed by atoms with E-state index in [9.17, 15) is 8.42 Å². The molecule has 19 heavy (non-hydrogen) atoms. The summed E-state index contributed by atoms with van der Waals surface area (Å²) in [4.78, 5) is 0.644. The molecule has 104 valence electrons. The average molecular weight is 382 g/mol. The van der Waals surface area contributed by atoms with Gasteiger partial charge in [-0.1, -0.05) is 0 Å². The minimum atomic E-state index is -3.49. The molecular formula is C11H12BrNO3S3. The minimum absolute atomic E-state index is 0.138. The zero-order chi connectivity index (χ0) is 14.0. The van der Waals surface area contributed by atoms with Gasteiger partial charge in [-0.3, -0.25) is 0 Å². The van der Waals surface area contributed by atoms with E-state index in [1.54, 1.807) is 13.1 Å². The molecule has 0 aliphatic rings. The normalized spacial score (nSPS) is 12.2. The second-order valence-corrected chi connectivity index (χ2v) is 9.63. The summed E-state index contributed by atoms with van der Waals surface area (Å²) < 4.78 is 27.2. The Balaban J connectivity index is 2.19. The summed E-state index contributed by atoms with van der Waals surface area (Å²) in [6.07, 6.45) is 0. The van der Waals surface area contributed by atoms with Crippen LogP contribution < -0.4 is 0 Å². The van der Waals surface area contributed by atoms with Crippen LogP contribution in [0.15, 0.2) is 31.6 Å². The van der Waals surface area contributed by atoms with E-state index in [4.69, 9.17) is 5.11 Å². The molecule has 0 spiro atoms. The molecule has 0 radical (unpaired) electrons. The number of hydrogen-bond acceptors (Lipinski definition) is 5. The van der Waals surface area contributed by atoms with E-state index in [-0.39, 0.29) is 10.8 Å². The van der Waals surface area contributed by atoms with Crippen LogP contribution in [0.4, 0.5) is 0 Å². The minimum Gasteiger partial charge on any atom is -0.391 e. The van der Waals surface area contributed by atoms with E-state index in [0.717, 1.165) is 20.7 Å². The Morgan fingerprint density at radius 3 is 2.68 bits per heavy atom. The van der Waals surface area contributed by atoms with Crippen molar-refractivity contribution in [1.82, 2.24) is 4.31 Å². The summed E-state index contributed by atoms with van der Waals surface area (Å²) in [5.41, 5.74) is 0.946. The van der Waals surface area contributed by atoms with Crippen LogP contribution in [0.25, 0.3) is 0 Å². The van der Waals surface area contributed by atoms with E-state index in [0.29, 0.717) is 11.4 Å². The monoisotopic (exact) mass is 381 g/mol. The summed E-state index contributed by atoms with van der Waals surface area (Å²) in [5.74, 6) is 0. The van der Waals surface area contributed by atoms with Gasteiger partial charge in [-0.05, 0) is 45.1 Å². The van der Waals surface area contributed by atoms with Gasteiger partial charge in [-0.2, -0.15) is 4.31 Å². The molecule has 0 amide bonds. The Hall–Kier alpha value is -0.250. The largest absolute Gasteiger partial charge is 0.391 e. The van der Waals surface area contributed by atoms with Crippen LogP contribution in [0.2, 0.25) is 0 Å². The van der Waals surface area contributed by atoms with Gasteiger partial charge >= 0.3 is 0 Å². The maximum absolute atomic E-state index is 12.3. The topological polar surface area (TPSA) is 57.6 Å². The van der Waals surface area contributed by atoms with Crippen molar-refractivity contribution in [2.24, 2.45) is 0 Å². The Kier molecular flexibility index (Phi) is 4.80. The Labute approximate surface area is 128 Å². The lowest BCUT2D eigenvalue weighted by atomic mass is 10.3. The molecule has 0 aliphatic carbocycles. The van der Waals surface area contributed by atoms with Crippen LogP contribution in [0.5, 0.6) is 0 Å². The lowest BCUT2D eigenvalue weighted by Gasteiger charge is -2.15. The molecule has 0 aliphatic heterocycles. The predicted molar refractivity (Wildman–Crippen MR) is 80.9 cm³/mol. The third-order valence-electron chi connectivity index (χ3n) is 2.48. The number of hydrogen-bond donors (Lipinski definition) is 1. The lowest BCUT2D eigenvalue weighted by molar-refractivity contribution is 0.285. The van der Waals surface area contributed by atoms with E-state index >= 15 is 0 Å². The molecule has 1 N–H and O–H groups in total. The molecule has 0 bridgehead atoms. The number of aliphatic hydroxyl groups is 1. The second kappa shape index (κ2) is 6.02. The summed E-state index contributed by atoms with van der Waals surface area (Å²) in [5, 5.41) is 10.9. The molecule has 0 saturated carbocycles. The van der Waals surface area contributed by atoms with Crippen molar-refractivity contribution in [1.29, 1.82) is 0 Å². The number of rotatable bonds is 5. The van der Waals surface area contributed by atoms with Crippen molar-refractivity contribution in [2.75, 3.05) is 7.05 Å². The fraction of sp³-hybridized carbons (Fsp3) is 0.273. The molecule has 2 rings (SSSR count). The Morgan fingerprint density at radius 2 is 2.16 bits per heavy atom. The molecule has 0 saturated heterocycles. The molecule has 0 fully saturated rings. The number of thiophene rings is 2. The van der Waals surface area contributed by atoms with Gasteiger partial charge in [-0.15, -0.1) is 22.7 Å². The van der Waals surface area contributed by atoms with Gasteiger partial charge in [-0.25, -0.2) is 8.42 Å². The molecule has 4 nitrogen and oxygen atoms in total. The first-order valence-corrected chi connectivity index (χ1v) is 9.25. The van der Waals surface area contributed by atoms with Gasteiger partial charge in [0.25, 0.3) is 10.0 Å². The highest BCUT2D eigenvalue weighted by atomic mass is 79.9. The average Bonchev–Trinajstić information content (AvgIpc) is 2.98. The van der Waals surface area contributed by atoms with Crippen LogP contribution >= 0.6 is 38.6 Å². The summed E-state index contributed by atoms with van der Waals surface area (Å²) in [6.45, 7) is 0.193. The van der Waals surface area contributed by atoms with Crippen LogP contribution in [0.3, 0.4) is 0 Å². The van der Waals surface area contributed by atoms with Crippen molar-refractivity contribution in [2.45, 2.75) is 17.4 Å². The van der Waals surface area contributed by atoms with E-state index in [2.05, 4.69) is 15.9 Å². The second-order valence-electron chi connectivity index (χ2n) is 3.90. The first-order chi connectivity index (χ1) is 8.93. The van der Waals surface area contributed by atoms with Crippen molar-refractivity contribution in [3.8, 4) is 0 Å². The van der Waals surface area contributed by atoms with Gasteiger partial charge in [0.2, 0.25) is 0 Å². The molecule has 0 aromatic carbocycles. The molecule has 8 heteroatoms. The van der Waals surface area contributed by atoms with Crippen molar-refractivity contribution >= 4 is 48.6 Å². The number of aliphatic hydroxyl groups excluding tert-OH is 1. The molecule has 2 heterocycles. The third kappa shape index (κ3) is 3.45. The lowest BCUT2D eigenvalue weighted by Crippen LogP contribution is -2.25. The number of nitrogens with zero attached hydrogens (tertiary/aromatic N) is 1. The van der Waals surface area contributed by atoms with Gasteiger partial charge < -0.3 is 5.11 Å². The van der Waals surface area contributed by atoms with Gasteiger partial charge in [0.15, 0.2) is 0 Å². The first-order valence-electron chi connectivity index (χ1n) is 5.32. The smallest absolute Gasteiger partial charge is 0.252 e. The molecule has 0 unspecified atom stereocenters. The quantitative estimate of drug-likeness (QED) is 0.865. The number of halogens is 1. The molecular weight excluding hydrogens is 370 g/mol. The maximum Gasteiger partial charge on any atom is 0.252 e. The van der Waals surface area contributed by atoms with Crippen molar-refractivity contribution in [3.05, 3.63) is 37.8 Å². The summed E-state index contributed by atoms with van der Waals surface area (Å²) in [7, 11) is -1.93. The van der Waals surface area contributed by atoms with Gasteiger partial charge in [0.05, 0.1) is 10.4 Å². The standard InChI is InChI=1S/C11H12BrNO3S3/c1-13(5-8-4-10(12)17-7-8)19(15,16)11-3-2-9(6-14)18-11/h2-4,7,14H,5-6H2,1H3. The fourth-order valence-electron chi connectivity index (χ4n) is 1.51. The van der Waals surface area contributed by atoms with E-state index in [1.165, 1.54) is 21.7 Å². The fourth-order valence-corrected chi connectivity index (χ4v) is 5.29. The molecule has 2 aromatic heterocycles. The summed E-state index contributed by atoms with van der Waals surface area (Å²) >= 11 is 5.98. The first kappa shape index (κ1) is 15.1. The number of sulfonamides is 1. The van der Waals surface area contributed by atoms with Crippen LogP contribution in [-0.2, 0) is 23.2 Å². The maximum atomic E-state index is 12.3. The van der Waals surface area contributed by atoms with Crippen LogP contribution in [0, 0.1) is 0 Å². The Bertz CT molecular complexity index is 662.